The highest BCUT2D eigenvalue weighted by Crippen LogP contribution is 2.54. The fourth-order valence-electron chi connectivity index (χ4n) is 6.40. The number of hydrogen-bond donors (Lipinski definition) is 1. The number of phenolic OH excluding ortho intramolecular Hbond substituents is 1. The summed E-state index contributed by atoms with van der Waals surface area (Å²) in [6.45, 7) is 2.04. The molecule has 2 heterocycles. The summed E-state index contributed by atoms with van der Waals surface area (Å²) in [6.07, 6.45) is 0. The Morgan fingerprint density at radius 2 is 1.31 bits per heavy atom. The van der Waals surface area contributed by atoms with Crippen molar-refractivity contribution in [1.82, 2.24) is 0 Å². The first-order valence-corrected chi connectivity index (χ1v) is 13.2. The van der Waals surface area contributed by atoms with Crippen molar-refractivity contribution < 1.29 is 14.3 Å². The molecule has 1 atom stereocenters. The lowest BCUT2D eigenvalue weighted by molar-refractivity contribution is 0.456. The van der Waals surface area contributed by atoms with Gasteiger partial charge >= 0.3 is 0 Å². The van der Waals surface area contributed by atoms with Crippen molar-refractivity contribution in [2.45, 2.75) is 12.8 Å². The average Bonchev–Trinajstić information content (AvgIpc) is 3.32. The number of benzene rings is 6. The molecule has 0 amide bonds. The maximum atomic E-state index is 10.5. The van der Waals surface area contributed by atoms with Gasteiger partial charge in [0, 0.05) is 33.4 Å². The predicted octanol–water partition coefficient (Wildman–Crippen LogP) is 9.71. The minimum Gasteiger partial charge on any atom is -0.508 e. The van der Waals surface area contributed by atoms with Crippen molar-refractivity contribution in [3.63, 3.8) is 0 Å². The Morgan fingerprint density at radius 3 is 2.10 bits per heavy atom. The summed E-state index contributed by atoms with van der Waals surface area (Å²) in [7, 11) is 0. The molecule has 0 saturated heterocycles. The molecule has 0 saturated carbocycles. The molecule has 186 valence electrons. The van der Waals surface area contributed by atoms with Gasteiger partial charge in [0.25, 0.3) is 0 Å². The van der Waals surface area contributed by atoms with Crippen LogP contribution >= 0.6 is 0 Å². The van der Waals surface area contributed by atoms with Crippen molar-refractivity contribution in [1.29, 1.82) is 0 Å². The quantitative estimate of drug-likeness (QED) is 0.255. The number of hydrogen-bond acceptors (Lipinski definition) is 3. The smallest absolute Gasteiger partial charge is 0.135 e. The summed E-state index contributed by atoms with van der Waals surface area (Å²) >= 11 is 0. The second-order valence-corrected chi connectivity index (χ2v) is 10.2. The molecule has 3 heteroatoms. The number of phenols is 1. The monoisotopic (exact) mass is 504 g/mol. The summed E-state index contributed by atoms with van der Waals surface area (Å²) in [4.78, 5) is 0. The molecule has 0 unspecified atom stereocenters. The van der Waals surface area contributed by atoms with Crippen LogP contribution in [-0.2, 0) is 0 Å². The Bertz CT molecular complexity index is 2050. The van der Waals surface area contributed by atoms with E-state index in [1.54, 1.807) is 6.07 Å². The van der Waals surface area contributed by atoms with Crippen LogP contribution in [0, 0.1) is 6.92 Å². The van der Waals surface area contributed by atoms with Crippen molar-refractivity contribution in [3.8, 4) is 28.4 Å². The molecule has 0 aliphatic carbocycles. The van der Waals surface area contributed by atoms with E-state index in [-0.39, 0.29) is 11.7 Å². The van der Waals surface area contributed by atoms with E-state index >= 15 is 0 Å². The van der Waals surface area contributed by atoms with Gasteiger partial charge in [0.05, 0.1) is 0 Å². The maximum absolute atomic E-state index is 10.5. The SMILES string of the molecule is Cc1oc2ccc3ccc4c(c3c2c1-c1ccccc1)[C@H](c1ccccc1)c1c(ccc2ccc(O)cc12)O4. The third-order valence-corrected chi connectivity index (χ3v) is 8.01. The van der Waals surface area contributed by atoms with Crippen molar-refractivity contribution in [2.24, 2.45) is 0 Å². The molecular weight excluding hydrogens is 480 g/mol. The second kappa shape index (κ2) is 8.24. The Hall–Kier alpha value is -5.02. The number of fused-ring (bicyclic) bond motifs is 8. The predicted molar refractivity (Wildman–Crippen MR) is 157 cm³/mol. The number of furan rings is 1. The third-order valence-electron chi connectivity index (χ3n) is 8.01. The maximum Gasteiger partial charge on any atom is 0.135 e. The van der Waals surface area contributed by atoms with Gasteiger partial charge in [0.15, 0.2) is 0 Å². The molecule has 1 N–H and O–H groups in total. The van der Waals surface area contributed by atoms with Gasteiger partial charge in [-0.15, -0.1) is 0 Å². The summed E-state index contributed by atoms with van der Waals surface area (Å²) in [5.74, 6) is 2.68. The Labute approximate surface area is 225 Å². The van der Waals surface area contributed by atoms with Crippen LogP contribution in [0.4, 0.5) is 0 Å². The number of aryl methyl sites for hydroxylation is 1. The van der Waals surface area contributed by atoms with Crippen LogP contribution in [0.25, 0.3) is 43.6 Å². The van der Waals surface area contributed by atoms with E-state index < -0.39 is 0 Å². The number of aromatic hydroxyl groups is 1. The molecule has 0 bridgehead atoms. The molecule has 8 rings (SSSR count). The van der Waals surface area contributed by atoms with Crippen LogP contribution in [0.2, 0.25) is 0 Å². The van der Waals surface area contributed by atoms with E-state index in [2.05, 4.69) is 84.9 Å². The van der Waals surface area contributed by atoms with E-state index in [0.29, 0.717) is 0 Å². The molecule has 39 heavy (non-hydrogen) atoms. The first-order valence-electron chi connectivity index (χ1n) is 13.2. The van der Waals surface area contributed by atoms with Gasteiger partial charge in [-0.05, 0) is 64.5 Å². The number of rotatable bonds is 2. The van der Waals surface area contributed by atoms with Gasteiger partial charge in [-0.2, -0.15) is 0 Å². The number of ether oxygens (including phenoxy) is 1. The highest BCUT2D eigenvalue weighted by atomic mass is 16.5. The van der Waals surface area contributed by atoms with Gasteiger partial charge in [-0.25, -0.2) is 0 Å². The zero-order chi connectivity index (χ0) is 26.1. The standard InChI is InChI=1S/C36H24O3/c1-21-31(23-8-4-2-5-9-23)35-29(38-21)18-14-25-15-19-30-36(33(25)35)32(24-10-6-3-7-11-24)34-27-20-26(37)16-12-22(27)13-17-28(34)39-30/h2-20,32,37H,1H3/t32-/m1/s1. The molecule has 0 spiro atoms. The molecule has 0 radical (unpaired) electrons. The van der Waals surface area contributed by atoms with Crippen LogP contribution < -0.4 is 4.74 Å². The average molecular weight is 505 g/mol. The van der Waals surface area contributed by atoms with Crippen LogP contribution in [0.15, 0.2) is 120 Å². The lowest BCUT2D eigenvalue weighted by Gasteiger charge is -2.31. The van der Waals surface area contributed by atoms with Gasteiger partial charge in [0.2, 0.25) is 0 Å². The first kappa shape index (κ1) is 22.0. The molecule has 1 aliphatic heterocycles. The third kappa shape index (κ3) is 3.23. The van der Waals surface area contributed by atoms with Crippen molar-refractivity contribution in [3.05, 3.63) is 138 Å². The van der Waals surface area contributed by atoms with Crippen LogP contribution in [-0.4, -0.2) is 5.11 Å². The van der Waals surface area contributed by atoms with E-state index in [4.69, 9.17) is 9.15 Å². The lowest BCUT2D eigenvalue weighted by Crippen LogP contribution is -2.13. The zero-order valence-electron chi connectivity index (χ0n) is 21.3. The largest absolute Gasteiger partial charge is 0.508 e. The minimum atomic E-state index is -0.108. The molecule has 1 aromatic heterocycles. The summed E-state index contributed by atoms with van der Waals surface area (Å²) in [6, 6.07) is 39.2. The lowest BCUT2D eigenvalue weighted by atomic mass is 9.77. The molecule has 7 aromatic rings. The zero-order valence-corrected chi connectivity index (χ0v) is 21.3. The van der Waals surface area contributed by atoms with E-state index in [1.165, 1.54) is 5.56 Å². The molecule has 3 nitrogen and oxygen atoms in total. The fraction of sp³-hybridized carbons (Fsp3) is 0.0556. The van der Waals surface area contributed by atoms with Crippen molar-refractivity contribution >= 4 is 32.5 Å². The molecule has 0 fully saturated rings. The van der Waals surface area contributed by atoms with Gasteiger partial charge < -0.3 is 14.3 Å². The normalized spacial score (nSPS) is 14.3. The van der Waals surface area contributed by atoms with Crippen molar-refractivity contribution in [2.75, 3.05) is 0 Å². The van der Waals surface area contributed by atoms with E-state index in [1.807, 2.05) is 31.2 Å². The summed E-state index contributed by atoms with van der Waals surface area (Å²) < 4.78 is 13.0. The summed E-state index contributed by atoms with van der Waals surface area (Å²) in [5.41, 5.74) is 6.45. The second-order valence-electron chi connectivity index (χ2n) is 10.2. The molecule has 6 aromatic carbocycles. The first-order chi connectivity index (χ1) is 19.2. The van der Waals surface area contributed by atoms with Crippen LogP contribution in [0.1, 0.15) is 28.4 Å². The van der Waals surface area contributed by atoms with E-state index in [0.717, 1.165) is 72.0 Å². The minimum absolute atomic E-state index is 0.108. The van der Waals surface area contributed by atoms with Gasteiger partial charge in [-0.1, -0.05) is 84.9 Å². The Morgan fingerprint density at radius 1 is 0.641 bits per heavy atom. The Balaban J connectivity index is 1.56. The van der Waals surface area contributed by atoms with Crippen LogP contribution in [0.3, 0.4) is 0 Å². The highest BCUT2D eigenvalue weighted by molar-refractivity contribution is 6.16. The van der Waals surface area contributed by atoms with Gasteiger partial charge in [0.1, 0.15) is 28.6 Å². The fourth-order valence-corrected chi connectivity index (χ4v) is 6.40. The Kier molecular flexibility index (Phi) is 4.65. The van der Waals surface area contributed by atoms with Gasteiger partial charge in [-0.3, -0.25) is 0 Å². The topological polar surface area (TPSA) is 42.6 Å². The molecule has 1 aliphatic rings. The van der Waals surface area contributed by atoms with Crippen LogP contribution in [0.5, 0.6) is 17.2 Å². The summed E-state index contributed by atoms with van der Waals surface area (Å²) in [5, 5.41) is 15.9. The highest BCUT2D eigenvalue weighted by Gasteiger charge is 2.33. The molecular formula is C36H24O3. The van der Waals surface area contributed by atoms with E-state index in [9.17, 15) is 5.11 Å².